The second kappa shape index (κ2) is 5.16. The average Bonchev–Trinajstić information content (AvgIpc) is 3.05. The smallest absolute Gasteiger partial charge is 0.127 e. The Balaban J connectivity index is 1.67. The van der Waals surface area contributed by atoms with Gasteiger partial charge in [0.15, 0.2) is 0 Å². The number of thiazole rings is 1. The Morgan fingerprint density at radius 1 is 1.39 bits per heavy atom. The highest BCUT2D eigenvalue weighted by atomic mass is 32.1. The monoisotopic (exact) mass is 262 g/mol. The molecule has 4 heteroatoms. The molecule has 94 valence electrons. The number of aromatic nitrogens is 1. The van der Waals surface area contributed by atoms with Crippen molar-refractivity contribution in [1.29, 1.82) is 0 Å². The molecule has 18 heavy (non-hydrogen) atoms. The molecule has 1 heterocycles. The van der Waals surface area contributed by atoms with Crippen LogP contribution in [0.5, 0.6) is 0 Å². The zero-order valence-electron chi connectivity index (χ0n) is 10.0. The Bertz CT molecular complexity index is 521. The summed E-state index contributed by atoms with van der Waals surface area (Å²) in [6, 6.07) is 6.12. The van der Waals surface area contributed by atoms with Crippen molar-refractivity contribution in [1.82, 2.24) is 10.3 Å². The topological polar surface area (TPSA) is 24.9 Å². The van der Waals surface area contributed by atoms with E-state index >= 15 is 0 Å². The molecule has 0 aliphatic heterocycles. The van der Waals surface area contributed by atoms with E-state index in [1.54, 1.807) is 23.6 Å². The van der Waals surface area contributed by atoms with Crippen LogP contribution in [0, 0.1) is 5.82 Å². The number of hydrogen-bond donors (Lipinski definition) is 1. The molecule has 1 aromatic heterocycles. The molecule has 1 N–H and O–H groups in total. The Hall–Kier alpha value is -1.26. The highest BCUT2D eigenvalue weighted by Crippen LogP contribution is 2.20. The van der Waals surface area contributed by atoms with Gasteiger partial charge < -0.3 is 5.32 Å². The third-order valence-electron chi connectivity index (χ3n) is 3.11. The molecule has 0 radical (unpaired) electrons. The number of nitrogens with zero attached hydrogens (tertiary/aromatic N) is 1. The lowest BCUT2D eigenvalue weighted by molar-refractivity contribution is 0.585. The predicted octanol–water partition coefficient (Wildman–Crippen LogP) is 3.13. The van der Waals surface area contributed by atoms with Crippen LogP contribution in [-0.4, -0.2) is 11.0 Å². The normalized spacial score (nSPS) is 14.9. The highest BCUT2D eigenvalue weighted by molar-refractivity contribution is 7.09. The number of hydrogen-bond acceptors (Lipinski definition) is 3. The maximum atomic E-state index is 13.9. The SMILES string of the molecule is Fc1cc(Cc2nccs2)ccc1CNC1CC1. The first-order chi connectivity index (χ1) is 8.81. The summed E-state index contributed by atoms with van der Waals surface area (Å²) in [5, 5.41) is 6.30. The summed E-state index contributed by atoms with van der Waals surface area (Å²) >= 11 is 1.60. The van der Waals surface area contributed by atoms with Gasteiger partial charge in [-0.15, -0.1) is 11.3 Å². The van der Waals surface area contributed by atoms with Crippen molar-refractivity contribution >= 4 is 11.3 Å². The minimum Gasteiger partial charge on any atom is -0.310 e. The summed E-state index contributed by atoms with van der Waals surface area (Å²) in [4.78, 5) is 4.22. The summed E-state index contributed by atoms with van der Waals surface area (Å²) in [5.41, 5.74) is 1.74. The average molecular weight is 262 g/mol. The third-order valence-corrected chi connectivity index (χ3v) is 3.89. The molecule has 1 aliphatic carbocycles. The van der Waals surface area contributed by atoms with Gasteiger partial charge in [0.25, 0.3) is 0 Å². The molecular formula is C14H15FN2S. The third kappa shape index (κ3) is 2.94. The molecule has 1 aliphatic rings. The first-order valence-corrected chi connectivity index (χ1v) is 7.08. The van der Waals surface area contributed by atoms with Crippen molar-refractivity contribution < 1.29 is 4.39 Å². The van der Waals surface area contributed by atoms with E-state index in [4.69, 9.17) is 0 Å². The standard InChI is InChI=1S/C14H15FN2S/c15-13-7-10(8-14-16-5-6-18-14)1-2-11(13)9-17-12-3-4-12/h1-2,5-7,12,17H,3-4,8-9H2. The van der Waals surface area contributed by atoms with Gasteiger partial charge in [-0.1, -0.05) is 12.1 Å². The van der Waals surface area contributed by atoms with Crippen LogP contribution in [0.3, 0.4) is 0 Å². The fraction of sp³-hybridized carbons (Fsp3) is 0.357. The summed E-state index contributed by atoms with van der Waals surface area (Å²) in [6.45, 7) is 0.633. The fourth-order valence-electron chi connectivity index (χ4n) is 1.90. The lowest BCUT2D eigenvalue weighted by Gasteiger charge is -2.06. The van der Waals surface area contributed by atoms with Gasteiger partial charge >= 0.3 is 0 Å². The van der Waals surface area contributed by atoms with Gasteiger partial charge in [-0.05, 0) is 24.5 Å². The van der Waals surface area contributed by atoms with Crippen molar-refractivity contribution in [3.05, 3.63) is 51.7 Å². The Kier molecular flexibility index (Phi) is 3.39. The van der Waals surface area contributed by atoms with E-state index < -0.39 is 0 Å². The molecule has 0 unspecified atom stereocenters. The molecular weight excluding hydrogens is 247 g/mol. The Morgan fingerprint density at radius 2 is 2.28 bits per heavy atom. The minimum atomic E-state index is -0.114. The number of halogens is 1. The maximum Gasteiger partial charge on any atom is 0.127 e. The van der Waals surface area contributed by atoms with Crippen LogP contribution in [0.2, 0.25) is 0 Å². The quantitative estimate of drug-likeness (QED) is 0.895. The predicted molar refractivity (Wildman–Crippen MR) is 71.2 cm³/mol. The second-order valence-electron chi connectivity index (χ2n) is 4.68. The Labute approximate surface area is 110 Å². The van der Waals surface area contributed by atoms with Gasteiger partial charge in [-0.25, -0.2) is 9.37 Å². The van der Waals surface area contributed by atoms with E-state index in [0.29, 0.717) is 19.0 Å². The maximum absolute atomic E-state index is 13.9. The summed E-state index contributed by atoms with van der Waals surface area (Å²) in [7, 11) is 0. The van der Waals surface area contributed by atoms with Gasteiger partial charge in [0.2, 0.25) is 0 Å². The number of rotatable bonds is 5. The van der Waals surface area contributed by atoms with Crippen LogP contribution in [-0.2, 0) is 13.0 Å². The molecule has 3 rings (SSSR count). The van der Waals surface area contributed by atoms with Gasteiger partial charge in [0.05, 0.1) is 5.01 Å². The van der Waals surface area contributed by atoms with Crippen molar-refractivity contribution in [2.24, 2.45) is 0 Å². The van der Waals surface area contributed by atoms with E-state index in [1.807, 2.05) is 17.5 Å². The second-order valence-corrected chi connectivity index (χ2v) is 5.66. The molecule has 1 aromatic carbocycles. The van der Waals surface area contributed by atoms with Crippen LogP contribution in [0.25, 0.3) is 0 Å². The molecule has 0 spiro atoms. The van der Waals surface area contributed by atoms with Gasteiger partial charge in [0.1, 0.15) is 5.82 Å². The molecule has 0 bridgehead atoms. The van der Waals surface area contributed by atoms with Crippen molar-refractivity contribution in [2.75, 3.05) is 0 Å². The summed E-state index contributed by atoms with van der Waals surface area (Å²) < 4.78 is 13.9. The molecule has 2 nitrogen and oxygen atoms in total. The van der Waals surface area contributed by atoms with Gasteiger partial charge in [-0.2, -0.15) is 0 Å². The molecule has 1 fully saturated rings. The lowest BCUT2D eigenvalue weighted by atomic mass is 10.1. The van der Waals surface area contributed by atoms with Gasteiger partial charge in [-0.3, -0.25) is 0 Å². The Morgan fingerprint density at radius 3 is 2.94 bits per heavy atom. The van der Waals surface area contributed by atoms with Crippen LogP contribution in [0.1, 0.15) is 29.0 Å². The van der Waals surface area contributed by atoms with E-state index in [0.717, 1.165) is 16.1 Å². The molecule has 2 aromatic rings. The summed E-state index contributed by atoms with van der Waals surface area (Å²) in [5.74, 6) is -0.114. The van der Waals surface area contributed by atoms with Crippen molar-refractivity contribution in [3.63, 3.8) is 0 Å². The van der Waals surface area contributed by atoms with E-state index in [1.165, 1.54) is 12.8 Å². The van der Waals surface area contributed by atoms with E-state index in [9.17, 15) is 4.39 Å². The van der Waals surface area contributed by atoms with E-state index in [-0.39, 0.29) is 5.82 Å². The number of benzene rings is 1. The first-order valence-electron chi connectivity index (χ1n) is 6.20. The lowest BCUT2D eigenvalue weighted by Crippen LogP contribution is -2.16. The largest absolute Gasteiger partial charge is 0.310 e. The van der Waals surface area contributed by atoms with Crippen molar-refractivity contribution in [3.8, 4) is 0 Å². The van der Waals surface area contributed by atoms with Crippen LogP contribution < -0.4 is 5.32 Å². The van der Waals surface area contributed by atoms with E-state index in [2.05, 4.69) is 10.3 Å². The molecule has 0 amide bonds. The van der Waals surface area contributed by atoms with Crippen LogP contribution >= 0.6 is 11.3 Å². The van der Waals surface area contributed by atoms with Crippen LogP contribution in [0.15, 0.2) is 29.8 Å². The zero-order valence-corrected chi connectivity index (χ0v) is 10.8. The van der Waals surface area contributed by atoms with Crippen molar-refractivity contribution in [2.45, 2.75) is 31.8 Å². The number of nitrogens with one attached hydrogen (secondary N) is 1. The van der Waals surface area contributed by atoms with Gasteiger partial charge in [0, 0.05) is 36.1 Å². The highest BCUT2D eigenvalue weighted by Gasteiger charge is 2.20. The molecule has 1 saturated carbocycles. The minimum absolute atomic E-state index is 0.114. The van der Waals surface area contributed by atoms with Crippen LogP contribution in [0.4, 0.5) is 4.39 Å². The summed E-state index contributed by atoms with van der Waals surface area (Å²) in [6.07, 6.45) is 4.95. The molecule has 0 atom stereocenters. The zero-order chi connectivity index (χ0) is 12.4. The molecule has 0 saturated heterocycles. The first kappa shape index (κ1) is 11.8. The fourth-order valence-corrected chi connectivity index (χ4v) is 2.55.